The van der Waals surface area contributed by atoms with Gasteiger partial charge in [0, 0.05) is 24.7 Å². The summed E-state index contributed by atoms with van der Waals surface area (Å²) in [5.74, 6) is 1.95. The maximum Gasteiger partial charge on any atom is 0.157 e. The molecule has 0 spiro atoms. The normalized spacial score (nSPS) is 13.1. The quantitative estimate of drug-likeness (QED) is 0.923. The van der Waals surface area contributed by atoms with E-state index >= 15 is 0 Å². The lowest BCUT2D eigenvalue weighted by Crippen LogP contribution is -2.04. The Balaban J connectivity index is 2.02. The molecule has 1 aliphatic heterocycles. The van der Waals surface area contributed by atoms with Gasteiger partial charge in [-0.2, -0.15) is 0 Å². The molecule has 20 heavy (non-hydrogen) atoms. The van der Waals surface area contributed by atoms with E-state index in [1.54, 1.807) is 6.07 Å². The van der Waals surface area contributed by atoms with Gasteiger partial charge in [-0.05, 0) is 18.6 Å². The smallest absolute Gasteiger partial charge is 0.157 e. The highest BCUT2D eigenvalue weighted by atomic mass is 16.5. The number of nitrogens with zero attached hydrogens (tertiary/aromatic N) is 2. The average molecular weight is 271 g/mol. The highest BCUT2D eigenvalue weighted by Crippen LogP contribution is 2.36. The third-order valence-corrected chi connectivity index (χ3v) is 3.22. The van der Waals surface area contributed by atoms with Crippen LogP contribution in [0.2, 0.25) is 0 Å². The molecule has 0 saturated heterocycles. The first-order valence-electron chi connectivity index (χ1n) is 6.74. The molecule has 0 radical (unpaired) electrons. The van der Waals surface area contributed by atoms with E-state index in [4.69, 9.17) is 15.2 Å². The standard InChI is InChI=1S/C15H17N3O2/c1-2-19-9-14-17-12(8-13(16)18-14)11-5-3-4-10-6-7-20-15(10)11/h3-5,8H,2,6-7,9H2,1H3,(H2,16,17,18). The fraction of sp³-hybridized carbons (Fsp3) is 0.333. The molecule has 0 unspecified atom stereocenters. The molecule has 5 heteroatoms. The second-order valence-corrected chi connectivity index (χ2v) is 4.62. The molecule has 0 fully saturated rings. The van der Waals surface area contributed by atoms with Crippen molar-refractivity contribution in [1.82, 2.24) is 9.97 Å². The van der Waals surface area contributed by atoms with Crippen molar-refractivity contribution in [2.45, 2.75) is 20.0 Å². The van der Waals surface area contributed by atoms with E-state index in [-0.39, 0.29) is 0 Å². The summed E-state index contributed by atoms with van der Waals surface area (Å²) in [5.41, 5.74) is 8.83. The van der Waals surface area contributed by atoms with Gasteiger partial charge in [0.15, 0.2) is 5.82 Å². The van der Waals surface area contributed by atoms with Crippen LogP contribution in [-0.2, 0) is 17.8 Å². The molecule has 0 bridgehead atoms. The number of aromatic nitrogens is 2. The minimum Gasteiger partial charge on any atom is -0.492 e. The maximum atomic E-state index is 5.87. The van der Waals surface area contributed by atoms with Crippen LogP contribution in [0, 0.1) is 0 Å². The van der Waals surface area contributed by atoms with Crippen molar-refractivity contribution < 1.29 is 9.47 Å². The van der Waals surface area contributed by atoms with Gasteiger partial charge in [0.05, 0.1) is 12.3 Å². The Bertz CT molecular complexity index is 629. The van der Waals surface area contributed by atoms with E-state index in [1.807, 2.05) is 19.1 Å². The fourth-order valence-corrected chi connectivity index (χ4v) is 2.33. The molecular weight excluding hydrogens is 254 g/mol. The molecule has 0 atom stereocenters. The molecule has 0 saturated carbocycles. The number of para-hydroxylation sites is 1. The predicted octanol–water partition coefficient (Wildman–Crippen LogP) is 2.20. The summed E-state index contributed by atoms with van der Waals surface area (Å²) < 4.78 is 11.1. The minimum atomic E-state index is 0.365. The van der Waals surface area contributed by atoms with Gasteiger partial charge in [-0.25, -0.2) is 9.97 Å². The van der Waals surface area contributed by atoms with Crippen LogP contribution in [0.15, 0.2) is 24.3 Å². The zero-order valence-electron chi connectivity index (χ0n) is 11.4. The first-order chi connectivity index (χ1) is 9.78. The summed E-state index contributed by atoms with van der Waals surface area (Å²) in [7, 11) is 0. The van der Waals surface area contributed by atoms with E-state index in [0.717, 1.165) is 30.0 Å². The molecule has 2 N–H and O–H groups in total. The maximum absolute atomic E-state index is 5.87. The third-order valence-electron chi connectivity index (χ3n) is 3.22. The van der Waals surface area contributed by atoms with Gasteiger partial charge in [0.2, 0.25) is 0 Å². The number of hydrogen-bond acceptors (Lipinski definition) is 5. The van der Waals surface area contributed by atoms with Crippen LogP contribution in [0.1, 0.15) is 18.3 Å². The molecule has 2 heterocycles. The first kappa shape index (κ1) is 12.9. The number of rotatable bonds is 4. The largest absolute Gasteiger partial charge is 0.492 e. The van der Waals surface area contributed by atoms with E-state index in [2.05, 4.69) is 16.0 Å². The number of anilines is 1. The van der Waals surface area contributed by atoms with Gasteiger partial charge in [0.25, 0.3) is 0 Å². The number of benzene rings is 1. The molecule has 0 aliphatic carbocycles. The summed E-state index contributed by atoms with van der Waals surface area (Å²) in [5, 5.41) is 0. The van der Waals surface area contributed by atoms with Crippen LogP contribution < -0.4 is 10.5 Å². The van der Waals surface area contributed by atoms with Crippen molar-refractivity contribution in [2.75, 3.05) is 18.9 Å². The predicted molar refractivity (Wildman–Crippen MR) is 76.4 cm³/mol. The van der Waals surface area contributed by atoms with Crippen LogP contribution in [0.5, 0.6) is 5.75 Å². The van der Waals surface area contributed by atoms with Crippen molar-refractivity contribution in [1.29, 1.82) is 0 Å². The van der Waals surface area contributed by atoms with Gasteiger partial charge in [-0.3, -0.25) is 0 Å². The molecule has 3 rings (SSSR count). The molecule has 1 aromatic carbocycles. The number of ether oxygens (including phenoxy) is 2. The third kappa shape index (κ3) is 2.44. The van der Waals surface area contributed by atoms with Gasteiger partial charge in [-0.15, -0.1) is 0 Å². The Labute approximate surface area is 117 Å². The second kappa shape index (κ2) is 5.46. The van der Waals surface area contributed by atoms with Gasteiger partial charge < -0.3 is 15.2 Å². The summed E-state index contributed by atoms with van der Waals surface area (Å²) >= 11 is 0. The van der Waals surface area contributed by atoms with Crippen molar-refractivity contribution >= 4 is 5.82 Å². The van der Waals surface area contributed by atoms with Crippen LogP contribution in [0.25, 0.3) is 11.3 Å². The lowest BCUT2D eigenvalue weighted by atomic mass is 10.1. The Hall–Kier alpha value is -2.14. The van der Waals surface area contributed by atoms with Crippen molar-refractivity contribution in [3.8, 4) is 17.0 Å². The van der Waals surface area contributed by atoms with Crippen molar-refractivity contribution in [3.05, 3.63) is 35.7 Å². The number of hydrogen-bond donors (Lipinski definition) is 1. The van der Waals surface area contributed by atoms with Crippen molar-refractivity contribution in [2.24, 2.45) is 0 Å². The van der Waals surface area contributed by atoms with Gasteiger partial charge >= 0.3 is 0 Å². The molecular formula is C15H17N3O2. The molecule has 0 amide bonds. The molecule has 5 nitrogen and oxygen atoms in total. The number of fused-ring (bicyclic) bond motifs is 1. The second-order valence-electron chi connectivity index (χ2n) is 4.62. The van der Waals surface area contributed by atoms with Crippen LogP contribution in [-0.4, -0.2) is 23.2 Å². The number of nitrogens with two attached hydrogens (primary N) is 1. The highest BCUT2D eigenvalue weighted by Gasteiger charge is 2.18. The Morgan fingerprint density at radius 1 is 1.35 bits per heavy atom. The average Bonchev–Trinajstić information content (AvgIpc) is 2.92. The molecule has 2 aromatic rings. The molecule has 1 aromatic heterocycles. The zero-order valence-corrected chi connectivity index (χ0v) is 11.4. The summed E-state index contributed by atoms with van der Waals surface area (Å²) in [6, 6.07) is 7.87. The van der Waals surface area contributed by atoms with Gasteiger partial charge in [-0.1, -0.05) is 12.1 Å². The van der Waals surface area contributed by atoms with E-state index < -0.39 is 0 Å². The highest BCUT2D eigenvalue weighted by molar-refractivity contribution is 5.71. The zero-order chi connectivity index (χ0) is 13.9. The number of nitrogen functional groups attached to an aromatic ring is 1. The monoisotopic (exact) mass is 271 g/mol. The fourth-order valence-electron chi connectivity index (χ4n) is 2.33. The Morgan fingerprint density at radius 2 is 2.25 bits per heavy atom. The van der Waals surface area contributed by atoms with Gasteiger partial charge in [0.1, 0.15) is 18.2 Å². The van der Waals surface area contributed by atoms with E-state index in [1.165, 1.54) is 5.56 Å². The van der Waals surface area contributed by atoms with E-state index in [0.29, 0.717) is 24.9 Å². The van der Waals surface area contributed by atoms with Crippen LogP contribution >= 0.6 is 0 Å². The minimum absolute atomic E-state index is 0.365. The Kier molecular flexibility index (Phi) is 3.52. The van der Waals surface area contributed by atoms with E-state index in [9.17, 15) is 0 Å². The summed E-state index contributed by atoms with van der Waals surface area (Å²) in [6.07, 6.45) is 0.940. The lowest BCUT2D eigenvalue weighted by Gasteiger charge is -2.09. The SMILES string of the molecule is CCOCc1nc(N)cc(-c2cccc3c2OCC3)n1. The topological polar surface area (TPSA) is 70.3 Å². The Morgan fingerprint density at radius 3 is 3.10 bits per heavy atom. The van der Waals surface area contributed by atoms with Crippen LogP contribution in [0.3, 0.4) is 0 Å². The first-order valence-corrected chi connectivity index (χ1v) is 6.74. The van der Waals surface area contributed by atoms with Crippen LogP contribution in [0.4, 0.5) is 5.82 Å². The summed E-state index contributed by atoms with van der Waals surface area (Å²) in [6.45, 7) is 3.64. The molecule has 1 aliphatic rings. The summed E-state index contributed by atoms with van der Waals surface area (Å²) in [4.78, 5) is 8.71. The lowest BCUT2D eigenvalue weighted by molar-refractivity contribution is 0.128. The van der Waals surface area contributed by atoms with Crippen molar-refractivity contribution in [3.63, 3.8) is 0 Å². The molecule has 104 valence electrons.